The van der Waals surface area contributed by atoms with Gasteiger partial charge in [0, 0.05) is 0 Å². The van der Waals surface area contributed by atoms with Gasteiger partial charge in [0.25, 0.3) is 0 Å². The lowest BCUT2D eigenvalue weighted by Gasteiger charge is -2.18. The molecule has 0 aromatic rings. The van der Waals surface area contributed by atoms with E-state index in [-0.39, 0.29) is 0 Å². The molecule has 0 spiro atoms. The Morgan fingerprint density at radius 1 is 1.33 bits per heavy atom. The van der Waals surface area contributed by atoms with Crippen molar-refractivity contribution in [3.8, 4) is 0 Å². The van der Waals surface area contributed by atoms with Crippen molar-refractivity contribution in [2.24, 2.45) is 0 Å². The molecule has 72 valence electrons. The Hall–Kier alpha value is 0.530. The summed E-state index contributed by atoms with van der Waals surface area (Å²) in [4.78, 5) is 0. The molecular formula is C6H11IO5. The van der Waals surface area contributed by atoms with E-state index in [1.807, 2.05) is 22.6 Å². The predicted octanol–water partition coefficient (Wildman–Crippen LogP) is -1.78. The van der Waals surface area contributed by atoms with Crippen LogP contribution in [-0.2, 0) is 4.74 Å². The molecule has 0 aliphatic carbocycles. The van der Waals surface area contributed by atoms with Crippen molar-refractivity contribution in [1.29, 1.82) is 0 Å². The van der Waals surface area contributed by atoms with Crippen LogP contribution in [-0.4, -0.2) is 55.6 Å². The lowest BCUT2D eigenvalue weighted by Crippen LogP contribution is -2.40. The first-order valence-corrected chi connectivity index (χ1v) is 4.77. The molecule has 1 rings (SSSR count). The molecular weight excluding hydrogens is 279 g/mol. The molecule has 0 radical (unpaired) electrons. The van der Waals surface area contributed by atoms with E-state index < -0.39 is 35.1 Å². The maximum atomic E-state index is 9.28. The average molecular weight is 290 g/mol. The molecule has 5 atom stereocenters. The third-order valence-corrected chi connectivity index (χ3v) is 2.84. The van der Waals surface area contributed by atoms with Gasteiger partial charge in [-0.1, -0.05) is 0 Å². The zero-order chi connectivity index (χ0) is 9.30. The summed E-state index contributed by atoms with van der Waals surface area (Å²) in [6.07, 6.45) is -4.17. The van der Waals surface area contributed by atoms with Crippen molar-refractivity contribution >= 4 is 22.6 Å². The highest BCUT2D eigenvalue weighted by Crippen LogP contribution is 2.27. The van der Waals surface area contributed by atoms with E-state index in [2.05, 4.69) is 0 Å². The van der Waals surface area contributed by atoms with Gasteiger partial charge in [0.2, 0.25) is 0 Å². The number of hydrogen-bond acceptors (Lipinski definition) is 5. The molecule has 4 N–H and O–H groups in total. The molecule has 5 nitrogen and oxygen atoms in total. The maximum Gasteiger partial charge on any atom is 0.137 e. The first kappa shape index (κ1) is 10.6. The van der Waals surface area contributed by atoms with Crippen LogP contribution in [0.15, 0.2) is 0 Å². The largest absolute Gasteiger partial charge is 0.394 e. The van der Waals surface area contributed by atoms with Crippen LogP contribution >= 0.6 is 22.6 Å². The van der Waals surface area contributed by atoms with Crippen molar-refractivity contribution < 1.29 is 25.2 Å². The predicted molar refractivity (Wildman–Crippen MR) is 47.8 cm³/mol. The minimum Gasteiger partial charge on any atom is -0.394 e. The first-order valence-electron chi connectivity index (χ1n) is 3.52. The van der Waals surface area contributed by atoms with E-state index in [1.54, 1.807) is 0 Å². The number of aliphatic hydroxyl groups is 4. The molecule has 0 bridgehead atoms. The van der Waals surface area contributed by atoms with Crippen LogP contribution < -0.4 is 0 Å². The van der Waals surface area contributed by atoms with Gasteiger partial charge in [-0.15, -0.1) is 0 Å². The van der Waals surface area contributed by atoms with E-state index in [1.165, 1.54) is 0 Å². The summed E-state index contributed by atoms with van der Waals surface area (Å²) in [5.41, 5.74) is 0. The van der Waals surface area contributed by atoms with Crippen LogP contribution in [0.4, 0.5) is 0 Å². The Bertz CT molecular complexity index is 155. The van der Waals surface area contributed by atoms with Gasteiger partial charge >= 0.3 is 0 Å². The summed E-state index contributed by atoms with van der Waals surface area (Å²) < 4.78 is 4.48. The molecule has 1 aliphatic rings. The normalized spacial score (nSPS) is 44.8. The van der Waals surface area contributed by atoms with E-state index in [9.17, 15) is 10.2 Å². The molecule has 0 saturated carbocycles. The molecule has 1 aliphatic heterocycles. The van der Waals surface area contributed by atoms with Crippen LogP contribution in [0.3, 0.4) is 0 Å². The number of aliphatic hydroxyl groups excluding tert-OH is 4. The molecule has 0 amide bonds. The molecule has 1 unspecified atom stereocenters. The monoisotopic (exact) mass is 290 g/mol. The minimum atomic E-state index is -1.14. The first-order chi connectivity index (χ1) is 5.57. The fourth-order valence-electron chi connectivity index (χ4n) is 1.08. The fraction of sp³-hybridized carbons (Fsp3) is 1.00. The molecule has 1 fully saturated rings. The molecule has 0 aromatic carbocycles. The van der Waals surface area contributed by atoms with Gasteiger partial charge in [0.05, 0.1) is 6.61 Å². The highest BCUT2D eigenvalue weighted by atomic mass is 127. The van der Waals surface area contributed by atoms with Gasteiger partial charge in [0.1, 0.15) is 28.5 Å². The molecule has 1 saturated heterocycles. The quantitative estimate of drug-likeness (QED) is 0.357. The fourth-order valence-corrected chi connectivity index (χ4v) is 1.85. The van der Waals surface area contributed by atoms with E-state index in [0.717, 1.165) is 0 Å². The van der Waals surface area contributed by atoms with Crippen LogP contribution in [0.5, 0.6) is 0 Å². The molecule has 6 heteroatoms. The van der Waals surface area contributed by atoms with Crippen molar-refractivity contribution in [2.45, 2.75) is 28.5 Å². The number of ether oxygens (including phenoxy) is 1. The van der Waals surface area contributed by atoms with Gasteiger partial charge in [0.15, 0.2) is 0 Å². The molecule has 12 heavy (non-hydrogen) atoms. The maximum absolute atomic E-state index is 9.28. The Balaban J connectivity index is 2.58. The van der Waals surface area contributed by atoms with Crippen molar-refractivity contribution in [3.05, 3.63) is 0 Å². The van der Waals surface area contributed by atoms with Crippen molar-refractivity contribution in [2.75, 3.05) is 6.61 Å². The zero-order valence-electron chi connectivity index (χ0n) is 6.17. The second-order valence-electron chi connectivity index (χ2n) is 2.68. The number of hydrogen-bond donors (Lipinski definition) is 4. The van der Waals surface area contributed by atoms with Crippen molar-refractivity contribution in [3.63, 3.8) is 0 Å². The van der Waals surface area contributed by atoms with Crippen LogP contribution in [0.25, 0.3) is 0 Å². The Labute approximate surface area is 83.1 Å². The van der Waals surface area contributed by atoms with E-state index >= 15 is 0 Å². The minimum absolute atomic E-state index is 0.488. The highest BCUT2D eigenvalue weighted by Gasteiger charge is 2.44. The topological polar surface area (TPSA) is 90.2 Å². The van der Waals surface area contributed by atoms with E-state index in [0.29, 0.717) is 0 Å². The lowest BCUT2D eigenvalue weighted by atomic mass is 10.1. The van der Waals surface area contributed by atoms with Gasteiger partial charge in [-0.25, -0.2) is 0 Å². The third kappa shape index (κ3) is 1.88. The summed E-state index contributed by atoms with van der Waals surface area (Å²) in [6.45, 7) is -0.488. The SMILES string of the molecule is OC[C@@H](O)[C@H]1OC(I)[C@@H](O)[C@H]1O. The van der Waals surface area contributed by atoms with Gasteiger partial charge in [-0.05, 0) is 22.6 Å². The highest BCUT2D eigenvalue weighted by molar-refractivity contribution is 14.1. The Morgan fingerprint density at radius 3 is 2.25 bits per heavy atom. The Morgan fingerprint density at radius 2 is 1.92 bits per heavy atom. The third-order valence-electron chi connectivity index (χ3n) is 1.81. The van der Waals surface area contributed by atoms with Crippen LogP contribution in [0.1, 0.15) is 0 Å². The molecule has 1 heterocycles. The van der Waals surface area contributed by atoms with Crippen LogP contribution in [0.2, 0.25) is 0 Å². The second-order valence-corrected chi connectivity index (χ2v) is 3.91. The summed E-state index contributed by atoms with van der Waals surface area (Å²) in [6, 6.07) is 0. The number of rotatable bonds is 2. The Kier molecular flexibility index (Phi) is 3.68. The number of halogens is 1. The smallest absolute Gasteiger partial charge is 0.137 e. The summed E-state index contributed by atoms with van der Waals surface area (Å²) in [5, 5.41) is 36.2. The van der Waals surface area contributed by atoms with Gasteiger partial charge in [-0.2, -0.15) is 0 Å². The summed E-state index contributed by atoms with van der Waals surface area (Å²) in [7, 11) is 0. The second kappa shape index (κ2) is 4.16. The summed E-state index contributed by atoms with van der Waals surface area (Å²) in [5.74, 6) is 0. The van der Waals surface area contributed by atoms with E-state index in [4.69, 9.17) is 14.9 Å². The number of alkyl halides is 1. The van der Waals surface area contributed by atoms with Gasteiger partial charge < -0.3 is 25.2 Å². The summed E-state index contributed by atoms with van der Waals surface area (Å²) >= 11 is 1.81. The molecule has 0 aromatic heterocycles. The van der Waals surface area contributed by atoms with Gasteiger partial charge in [-0.3, -0.25) is 0 Å². The van der Waals surface area contributed by atoms with Crippen LogP contribution in [0, 0.1) is 0 Å². The average Bonchev–Trinajstić information content (AvgIpc) is 2.32. The lowest BCUT2D eigenvalue weighted by molar-refractivity contribution is -0.0700. The zero-order valence-corrected chi connectivity index (χ0v) is 8.33. The van der Waals surface area contributed by atoms with Crippen molar-refractivity contribution in [1.82, 2.24) is 0 Å². The standard InChI is InChI=1S/C6H11IO5/c7-6-4(11)3(10)5(12-6)2(9)1-8/h2-6,8-11H,1H2/t2-,3-,4+,5-,6?/m1/s1.